The largest absolute Gasteiger partial charge is 0.476 e. The molecule has 4 aliphatic rings. The Morgan fingerprint density at radius 3 is 2.15 bits per heavy atom. The topological polar surface area (TPSA) is 55.1 Å². The van der Waals surface area contributed by atoms with E-state index >= 15 is 0 Å². The molecule has 0 amide bonds. The van der Waals surface area contributed by atoms with E-state index < -0.39 is 5.97 Å². The summed E-state index contributed by atoms with van der Waals surface area (Å²) in [7, 11) is 1.98. The summed E-state index contributed by atoms with van der Waals surface area (Å²) in [5.74, 6) is 4.01. The number of aromatic nitrogens is 2. The van der Waals surface area contributed by atoms with Crippen LogP contribution in [0.2, 0.25) is 0 Å². The number of carbonyl (C=O) groups is 1. The standard InChI is InChI=1S/C16H22N2O2/c1-8-14(16(19)20)17-15(18(8)2)13-11-4-9-3-10(6-11)7-12(13)5-9/h9-13H,3-7H2,1-2H3,(H,19,20). The summed E-state index contributed by atoms with van der Waals surface area (Å²) in [5, 5.41) is 9.28. The van der Waals surface area contributed by atoms with Crippen LogP contribution in [-0.4, -0.2) is 20.6 Å². The first-order chi connectivity index (χ1) is 9.54. The summed E-state index contributed by atoms with van der Waals surface area (Å²) in [6.45, 7) is 1.87. The average Bonchev–Trinajstić information content (AvgIpc) is 2.66. The third-order valence-electron chi connectivity index (χ3n) is 6.14. The van der Waals surface area contributed by atoms with E-state index in [9.17, 15) is 9.90 Å². The van der Waals surface area contributed by atoms with Crippen LogP contribution in [0.25, 0.3) is 0 Å². The van der Waals surface area contributed by atoms with Crippen molar-refractivity contribution in [1.29, 1.82) is 0 Å². The van der Waals surface area contributed by atoms with Crippen LogP contribution in [0.5, 0.6) is 0 Å². The summed E-state index contributed by atoms with van der Waals surface area (Å²) in [5.41, 5.74) is 1.04. The molecule has 4 fully saturated rings. The van der Waals surface area contributed by atoms with Crippen molar-refractivity contribution >= 4 is 5.97 Å². The summed E-state index contributed by atoms with van der Waals surface area (Å²) in [6, 6.07) is 0. The second kappa shape index (κ2) is 4.09. The molecule has 0 atom stereocenters. The molecular weight excluding hydrogens is 252 g/mol. The van der Waals surface area contributed by atoms with Gasteiger partial charge in [-0.15, -0.1) is 0 Å². The molecular formula is C16H22N2O2. The number of imidazole rings is 1. The highest BCUT2D eigenvalue weighted by molar-refractivity contribution is 5.86. The van der Waals surface area contributed by atoms with Gasteiger partial charge in [-0.3, -0.25) is 0 Å². The molecule has 108 valence electrons. The lowest BCUT2D eigenvalue weighted by atomic mass is 9.51. The van der Waals surface area contributed by atoms with Crippen molar-refractivity contribution in [3.05, 3.63) is 17.2 Å². The van der Waals surface area contributed by atoms with Crippen LogP contribution in [-0.2, 0) is 7.05 Å². The van der Waals surface area contributed by atoms with Gasteiger partial charge in [0.05, 0.1) is 0 Å². The van der Waals surface area contributed by atoms with Gasteiger partial charge in [0, 0.05) is 18.7 Å². The van der Waals surface area contributed by atoms with Crippen molar-refractivity contribution in [1.82, 2.24) is 9.55 Å². The second-order valence-electron chi connectivity index (χ2n) is 7.22. The minimum absolute atomic E-state index is 0.247. The Balaban J connectivity index is 1.74. The van der Waals surface area contributed by atoms with Crippen molar-refractivity contribution in [3.63, 3.8) is 0 Å². The molecule has 5 rings (SSSR count). The SMILES string of the molecule is Cc1c(C(=O)O)nc(C2C3CC4CC(C3)CC2C4)n1C. The average molecular weight is 274 g/mol. The molecule has 1 N–H and O–H groups in total. The van der Waals surface area contributed by atoms with E-state index in [0.29, 0.717) is 5.92 Å². The molecule has 0 radical (unpaired) electrons. The molecule has 0 unspecified atom stereocenters. The maximum Gasteiger partial charge on any atom is 0.356 e. The molecule has 0 aromatic carbocycles. The van der Waals surface area contributed by atoms with E-state index in [2.05, 4.69) is 4.98 Å². The van der Waals surface area contributed by atoms with Crippen molar-refractivity contribution in [3.8, 4) is 0 Å². The molecule has 1 aromatic rings. The Labute approximate surface area is 119 Å². The van der Waals surface area contributed by atoms with Crippen LogP contribution in [0.3, 0.4) is 0 Å². The highest BCUT2D eigenvalue weighted by Crippen LogP contribution is 2.59. The van der Waals surface area contributed by atoms with E-state index in [1.807, 2.05) is 18.5 Å². The molecule has 1 heterocycles. The summed E-state index contributed by atoms with van der Waals surface area (Å²) < 4.78 is 2.04. The second-order valence-corrected chi connectivity index (χ2v) is 7.22. The first kappa shape index (κ1) is 12.4. The Kier molecular flexibility index (Phi) is 2.54. The lowest BCUT2D eigenvalue weighted by Gasteiger charge is -2.54. The first-order valence-corrected chi connectivity index (χ1v) is 7.81. The van der Waals surface area contributed by atoms with Crippen LogP contribution < -0.4 is 0 Å². The van der Waals surface area contributed by atoms with E-state index in [0.717, 1.165) is 35.2 Å². The van der Waals surface area contributed by atoms with Crippen LogP contribution >= 0.6 is 0 Å². The lowest BCUT2D eigenvalue weighted by molar-refractivity contribution is -0.00655. The van der Waals surface area contributed by atoms with Crippen LogP contribution in [0.15, 0.2) is 0 Å². The third-order valence-corrected chi connectivity index (χ3v) is 6.14. The Hall–Kier alpha value is -1.32. The predicted octanol–water partition coefficient (Wildman–Crippen LogP) is 2.97. The third kappa shape index (κ3) is 1.60. The summed E-state index contributed by atoms with van der Waals surface area (Å²) >= 11 is 0. The van der Waals surface area contributed by atoms with Gasteiger partial charge in [-0.05, 0) is 62.7 Å². The maximum absolute atomic E-state index is 11.3. The zero-order chi connectivity index (χ0) is 14.0. The number of nitrogens with zero attached hydrogens (tertiary/aromatic N) is 2. The molecule has 0 spiro atoms. The van der Waals surface area contributed by atoms with E-state index in [1.54, 1.807) is 0 Å². The van der Waals surface area contributed by atoms with E-state index in [4.69, 9.17) is 0 Å². The predicted molar refractivity (Wildman–Crippen MR) is 74.7 cm³/mol. The van der Waals surface area contributed by atoms with Crippen LogP contribution in [0.1, 0.15) is 60.0 Å². The fraction of sp³-hybridized carbons (Fsp3) is 0.750. The lowest BCUT2D eigenvalue weighted by Crippen LogP contribution is -2.44. The first-order valence-electron chi connectivity index (χ1n) is 7.81. The fourth-order valence-corrected chi connectivity index (χ4v) is 5.45. The van der Waals surface area contributed by atoms with Gasteiger partial charge in [0.1, 0.15) is 5.82 Å². The van der Waals surface area contributed by atoms with E-state index in [-0.39, 0.29) is 5.69 Å². The number of hydrogen-bond donors (Lipinski definition) is 1. The Bertz CT molecular complexity index is 547. The molecule has 4 heteroatoms. The van der Waals surface area contributed by atoms with Gasteiger partial charge in [0.25, 0.3) is 0 Å². The number of hydrogen-bond acceptors (Lipinski definition) is 2. The Morgan fingerprint density at radius 2 is 1.70 bits per heavy atom. The highest BCUT2D eigenvalue weighted by atomic mass is 16.4. The van der Waals surface area contributed by atoms with Gasteiger partial charge in [-0.1, -0.05) is 0 Å². The number of rotatable bonds is 2. The highest BCUT2D eigenvalue weighted by Gasteiger charge is 2.50. The van der Waals surface area contributed by atoms with Gasteiger partial charge >= 0.3 is 5.97 Å². The van der Waals surface area contributed by atoms with Gasteiger partial charge in [0.2, 0.25) is 0 Å². The molecule has 4 aliphatic carbocycles. The molecule has 0 aliphatic heterocycles. The summed E-state index contributed by atoms with van der Waals surface area (Å²) in [6.07, 6.45) is 6.80. The van der Waals surface area contributed by atoms with Crippen molar-refractivity contribution in [2.24, 2.45) is 30.7 Å². The molecule has 0 saturated heterocycles. The van der Waals surface area contributed by atoms with Gasteiger partial charge in [0.15, 0.2) is 5.69 Å². The molecule has 4 bridgehead atoms. The van der Waals surface area contributed by atoms with E-state index in [1.165, 1.54) is 32.1 Å². The van der Waals surface area contributed by atoms with Crippen LogP contribution in [0.4, 0.5) is 0 Å². The molecule has 4 nitrogen and oxygen atoms in total. The fourth-order valence-electron chi connectivity index (χ4n) is 5.45. The monoisotopic (exact) mass is 274 g/mol. The molecule has 4 saturated carbocycles. The van der Waals surface area contributed by atoms with Gasteiger partial charge in [-0.25, -0.2) is 9.78 Å². The zero-order valence-corrected chi connectivity index (χ0v) is 12.2. The maximum atomic E-state index is 11.3. The normalized spacial score (nSPS) is 38.4. The van der Waals surface area contributed by atoms with Crippen molar-refractivity contribution < 1.29 is 9.90 Å². The van der Waals surface area contributed by atoms with Crippen molar-refractivity contribution in [2.75, 3.05) is 0 Å². The van der Waals surface area contributed by atoms with Gasteiger partial charge < -0.3 is 9.67 Å². The number of aromatic carboxylic acids is 1. The molecule has 20 heavy (non-hydrogen) atoms. The minimum Gasteiger partial charge on any atom is -0.476 e. The number of carboxylic acids is 1. The smallest absolute Gasteiger partial charge is 0.356 e. The quantitative estimate of drug-likeness (QED) is 0.902. The minimum atomic E-state index is -0.895. The molecule has 1 aromatic heterocycles. The van der Waals surface area contributed by atoms with Gasteiger partial charge in [-0.2, -0.15) is 0 Å². The van der Waals surface area contributed by atoms with Crippen molar-refractivity contribution in [2.45, 2.75) is 44.9 Å². The number of carboxylic acid groups (broad SMARTS) is 1. The summed E-state index contributed by atoms with van der Waals surface area (Å²) in [4.78, 5) is 15.8. The zero-order valence-electron chi connectivity index (χ0n) is 12.2. The van der Waals surface area contributed by atoms with Crippen LogP contribution in [0, 0.1) is 30.6 Å². The Morgan fingerprint density at radius 1 is 1.15 bits per heavy atom.